The van der Waals surface area contributed by atoms with Crippen LogP contribution >= 0.6 is 0 Å². The van der Waals surface area contributed by atoms with Crippen molar-refractivity contribution in [1.29, 1.82) is 0 Å². The number of alkyl halides is 3. The highest BCUT2D eigenvalue weighted by molar-refractivity contribution is 5.39. The summed E-state index contributed by atoms with van der Waals surface area (Å²) in [6.45, 7) is 6.03. The van der Waals surface area contributed by atoms with E-state index in [1.54, 1.807) is 0 Å². The Hall–Kier alpha value is -1.57. The molecule has 0 saturated carbocycles. The first kappa shape index (κ1) is 15.8. The number of piperazine rings is 1. The number of rotatable bonds is 3. The van der Waals surface area contributed by atoms with E-state index in [9.17, 15) is 13.2 Å². The Bertz CT molecular complexity index is 493. The van der Waals surface area contributed by atoms with Crippen molar-refractivity contribution in [3.63, 3.8) is 0 Å². The molecular formula is C13H19F3N4O. The van der Waals surface area contributed by atoms with Crippen molar-refractivity contribution >= 4 is 5.95 Å². The van der Waals surface area contributed by atoms with Crippen LogP contribution < -0.4 is 15.0 Å². The largest absolute Gasteiger partial charge is 0.493 e. The van der Waals surface area contributed by atoms with Crippen LogP contribution in [0.15, 0.2) is 6.20 Å². The molecule has 0 bridgehead atoms. The van der Waals surface area contributed by atoms with Crippen molar-refractivity contribution in [3.05, 3.63) is 11.9 Å². The fraction of sp³-hybridized carbons (Fsp3) is 0.692. The first-order valence-corrected chi connectivity index (χ1v) is 6.80. The Morgan fingerprint density at radius 1 is 1.43 bits per heavy atom. The minimum absolute atomic E-state index is 0.0632. The highest BCUT2D eigenvalue weighted by atomic mass is 19.4. The SMILES string of the molecule is COc1cnc(N2CCNC[C@H]2C(C)C)nc1C(F)(F)F. The van der Waals surface area contributed by atoms with Gasteiger partial charge in [-0.25, -0.2) is 9.97 Å². The van der Waals surface area contributed by atoms with Gasteiger partial charge in [0.15, 0.2) is 11.4 Å². The Kier molecular flexibility index (Phi) is 4.55. The van der Waals surface area contributed by atoms with Gasteiger partial charge in [0.25, 0.3) is 0 Å². The number of nitrogens with one attached hydrogen (secondary N) is 1. The third-order valence-corrected chi connectivity index (χ3v) is 3.54. The molecule has 0 aliphatic carbocycles. The predicted octanol–water partition coefficient (Wildman–Crippen LogP) is 1.94. The maximum atomic E-state index is 13.0. The van der Waals surface area contributed by atoms with Crippen molar-refractivity contribution in [2.45, 2.75) is 26.1 Å². The monoisotopic (exact) mass is 304 g/mol. The number of methoxy groups -OCH3 is 1. The van der Waals surface area contributed by atoms with Crippen LogP contribution in [-0.4, -0.2) is 42.8 Å². The van der Waals surface area contributed by atoms with Gasteiger partial charge >= 0.3 is 6.18 Å². The van der Waals surface area contributed by atoms with E-state index in [2.05, 4.69) is 15.3 Å². The molecule has 0 spiro atoms. The topological polar surface area (TPSA) is 50.3 Å². The average molecular weight is 304 g/mol. The van der Waals surface area contributed by atoms with Gasteiger partial charge < -0.3 is 15.0 Å². The van der Waals surface area contributed by atoms with E-state index >= 15 is 0 Å². The zero-order chi connectivity index (χ0) is 15.6. The van der Waals surface area contributed by atoms with E-state index in [-0.39, 0.29) is 23.7 Å². The molecule has 1 aliphatic heterocycles. The summed E-state index contributed by atoms with van der Waals surface area (Å²) in [6.07, 6.45) is -3.48. The molecule has 1 saturated heterocycles. The highest BCUT2D eigenvalue weighted by Gasteiger charge is 2.38. The van der Waals surface area contributed by atoms with Crippen molar-refractivity contribution in [1.82, 2.24) is 15.3 Å². The molecule has 5 nitrogen and oxygen atoms in total. The van der Waals surface area contributed by atoms with Gasteiger partial charge in [0.2, 0.25) is 5.95 Å². The molecule has 8 heteroatoms. The van der Waals surface area contributed by atoms with Gasteiger partial charge in [-0.2, -0.15) is 13.2 Å². The molecule has 1 aromatic rings. The Morgan fingerprint density at radius 3 is 2.71 bits per heavy atom. The fourth-order valence-corrected chi connectivity index (χ4v) is 2.42. The van der Waals surface area contributed by atoms with E-state index in [0.717, 1.165) is 6.20 Å². The van der Waals surface area contributed by atoms with Gasteiger partial charge in [0.1, 0.15) is 0 Å². The van der Waals surface area contributed by atoms with Crippen LogP contribution in [0, 0.1) is 5.92 Å². The predicted molar refractivity (Wildman–Crippen MR) is 72.4 cm³/mol. The summed E-state index contributed by atoms with van der Waals surface area (Å²) in [5.41, 5.74) is -1.03. The Balaban J connectivity index is 2.39. The van der Waals surface area contributed by atoms with E-state index in [0.29, 0.717) is 19.6 Å². The standard InChI is InChI=1S/C13H19F3N4O/c1-8(2)9-6-17-4-5-20(9)12-18-7-10(21-3)11(19-12)13(14,15)16/h7-9,17H,4-6H2,1-3H3/t9-/m0/s1. The number of nitrogens with zero attached hydrogens (tertiary/aromatic N) is 3. The summed E-state index contributed by atoms with van der Waals surface area (Å²) in [5, 5.41) is 3.24. The molecule has 2 rings (SSSR count). The Morgan fingerprint density at radius 2 is 2.14 bits per heavy atom. The van der Waals surface area contributed by atoms with Crippen LogP contribution in [0.1, 0.15) is 19.5 Å². The third-order valence-electron chi connectivity index (χ3n) is 3.54. The van der Waals surface area contributed by atoms with Crippen LogP contribution in [0.25, 0.3) is 0 Å². The lowest BCUT2D eigenvalue weighted by Crippen LogP contribution is -2.54. The second-order valence-corrected chi connectivity index (χ2v) is 5.29. The summed E-state index contributed by atoms with van der Waals surface area (Å²) in [5.74, 6) is 0.0173. The number of hydrogen-bond donors (Lipinski definition) is 1. The molecule has 1 aliphatic rings. The maximum Gasteiger partial charge on any atom is 0.437 e. The van der Waals surface area contributed by atoms with E-state index in [1.165, 1.54) is 7.11 Å². The first-order chi connectivity index (χ1) is 9.84. The van der Waals surface area contributed by atoms with Crippen LogP contribution in [0.5, 0.6) is 5.75 Å². The molecule has 21 heavy (non-hydrogen) atoms. The van der Waals surface area contributed by atoms with Crippen molar-refractivity contribution < 1.29 is 17.9 Å². The van der Waals surface area contributed by atoms with Gasteiger partial charge in [-0.05, 0) is 5.92 Å². The summed E-state index contributed by atoms with van der Waals surface area (Å²) in [6, 6.07) is 0.0632. The summed E-state index contributed by atoms with van der Waals surface area (Å²) in [7, 11) is 1.18. The molecule has 0 unspecified atom stereocenters. The van der Waals surface area contributed by atoms with Gasteiger partial charge in [0.05, 0.1) is 13.3 Å². The van der Waals surface area contributed by atoms with Crippen molar-refractivity contribution in [2.24, 2.45) is 5.92 Å². The van der Waals surface area contributed by atoms with Crippen LogP contribution in [0.3, 0.4) is 0 Å². The minimum Gasteiger partial charge on any atom is -0.493 e. The second kappa shape index (κ2) is 6.05. The number of aromatic nitrogens is 2. The molecule has 1 aromatic heterocycles. The molecule has 1 N–H and O–H groups in total. The minimum atomic E-state index is -4.57. The summed E-state index contributed by atoms with van der Waals surface area (Å²) in [4.78, 5) is 9.58. The lowest BCUT2D eigenvalue weighted by molar-refractivity contribution is -0.142. The maximum absolute atomic E-state index is 13.0. The first-order valence-electron chi connectivity index (χ1n) is 6.80. The van der Waals surface area contributed by atoms with Crippen LogP contribution in [0.2, 0.25) is 0 Å². The van der Waals surface area contributed by atoms with Crippen LogP contribution in [0.4, 0.5) is 19.1 Å². The van der Waals surface area contributed by atoms with Gasteiger partial charge in [-0.3, -0.25) is 0 Å². The molecule has 0 radical (unpaired) electrons. The highest BCUT2D eigenvalue weighted by Crippen LogP contribution is 2.35. The smallest absolute Gasteiger partial charge is 0.437 e. The lowest BCUT2D eigenvalue weighted by Gasteiger charge is -2.38. The zero-order valence-electron chi connectivity index (χ0n) is 12.2. The molecule has 1 atom stereocenters. The molecule has 0 amide bonds. The normalized spacial score (nSPS) is 20.0. The zero-order valence-corrected chi connectivity index (χ0v) is 12.2. The molecular weight excluding hydrogens is 285 g/mol. The van der Waals surface area contributed by atoms with Gasteiger partial charge in [-0.15, -0.1) is 0 Å². The molecule has 0 aromatic carbocycles. The Labute approximate surface area is 121 Å². The van der Waals surface area contributed by atoms with Gasteiger partial charge in [0, 0.05) is 25.7 Å². The van der Waals surface area contributed by atoms with E-state index < -0.39 is 11.9 Å². The number of anilines is 1. The number of hydrogen-bond acceptors (Lipinski definition) is 5. The summed E-state index contributed by atoms with van der Waals surface area (Å²) < 4.78 is 43.8. The van der Waals surface area contributed by atoms with Crippen LogP contribution in [-0.2, 0) is 6.18 Å². The number of ether oxygens (including phenoxy) is 1. The number of halogens is 3. The van der Waals surface area contributed by atoms with Crippen molar-refractivity contribution in [2.75, 3.05) is 31.6 Å². The fourth-order valence-electron chi connectivity index (χ4n) is 2.42. The van der Waals surface area contributed by atoms with Gasteiger partial charge in [-0.1, -0.05) is 13.8 Å². The molecule has 2 heterocycles. The summed E-state index contributed by atoms with van der Waals surface area (Å²) >= 11 is 0. The van der Waals surface area contributed by atoms with E-state index in [4.69, 9.17) is 4.74 Å². The van der Waals surface area contributed by atoms with E-state index in [1.807, 2.05) is 18.7 Å². The van der Waals surface area contributed by atoms with Crippen molar-refractivity contribution in [3.8, 4) is 5.75 Å². The quantitative estimate of drug-likeness (QED) is 0.925. The second-order valence-electron chi connectivity index (χ2n) is 5.29. The molecule has 1 fully saturated rings. The molecule has 118 valence electrons. The lowest BCUT2D eigenvalue weighted by atomic mass is 10.0. The third kappa shape index (κ3) is 3.37. The average Bonchev–Trinajstić information content (AvgIpc) is 2.45.